The minimum Gasteiger partial charge on any atom is -0.493 e. The van der Waals surface area contributed by atoms with Crippen LogP contribution in [0.2, 0.25) is 0 Å². The van der Waals surface area contributed by atoms with E-state index in [-0.39, 0.29) is 11.3 Å². The molecule has 0 bridgehead atoms. The van der Waals surface area contributed by atoms with Gasteiger partial charge in [0, 0.05) is 28.6 Å². The lowest BCUT2D eigenvalue weighted by atomic mass is 9.84. The first kappa shape index (κ1) is 26.8. The first-order valence-electron chi connectivity index (χ1n) is 12.9. The summed E-state index contributed by atoms with van der Waals surface area (Å²) in [4.78, 5) is 8.81. The summed E-state index contributed by atoms with van der Waals surface area (Å²) in [6.07, 6.45) is -4.46. The summed E-state index contributed by atoms with van der Waals surface area (Å²) in [6.45, 7) is 6.43. The molecule has 4 aromatic carbocycles. The van der Waals surface area contributed by atoms with Crippen LogP contribution < -0.4 is 5.73 Å². The van der Waals surface area contributed by atoms with Crippen LogP contribution in [0.1, 0.15) is 31.9 Å². The van der Waals surface area contributed by atoms with Gasteiger partial charge in [0.25, 0.3) is 0 Å². The van der Waals surface area contributed by atoms with Crippen LogP contribution >= 0.6 is 11.3 Å². The number of alkyl halides is 3. The molecule has 4 nitrogen and oxygen atoms in total. The molecule has 1 radical (unpaired) electrons. The molecule has 2 heterocycles. The normalized spacial score (nSPS) is 12.3. The second-order valence-corrected chi connectivity index (χ2v) is 12.0. The van der Waals surface area contributed by atoms with Crippen molar-refractivity contribution in [1.29, 1.82) is 0 Å². The Kier molecular flexibility index (Phi) is 6.26. The zero-order chi connectivity index (χ0) is 29.1. The Morgan fingerprint density at radius 2 is 1.37 bits per heavy atom. The number of rotatable bonds is 3. The molecule has 0 unspecified atom stereocenters. The Hall–Kier alpha value is -4.43. The van der Waals surface area contributed by atoms with Crippen molar-refractivity contribution in [3.63, 3.8) is 0 Å². The highest BCUT2D eigenvalue weighted by atomic mass is 32.1. The number of nitrogens with two attached hydrogens (primary N) is 1. The maximum atomic E-state index is 13.4. The standard InChI is InChI=1S/C33H25F3N3OS/c1-32(2,3)22-11-6-18(7-12-22)24-17-26-30(41-31(37)39-26)29(20-8-13-23(14-9-20)33(34,35)36)28(24)21-5-4-19-10-15-27(40)38-25(19)16-21/h4-16H,1-3H3,(H2,37,39)(H,38,40). The maximum Gasteiger partial charge on any atom is 0.416 e. The van der Waals surface area contributed by atoms with Gasteiger partial charge in [-0.05, 0) is 57.5 Å². The Labute approximate surface area is 239 Å². The molecule has 0 atom stereocenters. The molecule has 0 aliphatic heterocycles. The Bertz CT molecular complexity index is 1920. The van der Waals surface area contributed by atoms with E-state index in [1.807, 2.05) is 30.3 Å². The van der Waals surface area contributed by atoms with Crippen molar-refractivity contribution in [2.24, 2.45) is 0 Å². The fourth-order valence-electron chi connectivity index (χ4n) is 5.02. The van der Waals surface area contributed by atoms with E-state index in [9.17, 15) is 18.3 Å². The van der Waals surface area contributed by atoms with Crippen LogP contribution in [0.25, 0.3) is 54.5 Å². The van der Waals surface area contributed by atoms with E-state index in [4.69, 9.17) is 5.73 Å². The van der Waals surface area contributed by atoms with Gasteiger partial charge < -0.3 is 10.8 Å². The number of anilines is 1. The van der Waals surface area contributed by atoms with Gasteiger partial charge in [-0.25, -0.2) is 9.97 Å². The zero-order valence-electron chi connectivity index (χ0n) is 22.5. The SMILES string of the molecule is CC(C)(C)c1ccc(-c2[c]c3nc(N)sc3c(-c3ccc(C(F)(F)F)cc3)c2-c2ccc3ccc(O)nc3c2)cc1. The average molecular weight is 569 g/mol. The van der Waals surface area contributed by atoms with E-state index in [0.29, 0.717) is 27.3 Å². The van der Waals surface area contributed by atoms with Gasteiger partial charge in [0.1, 0.15) is 0 Å². The number of pyridine rings is 1. The quantitative estimate of drug-likeness (QED) is 0.223. The van der Waals surface area contributed by atoms with Gasteiger partial charge in [0.05, 0.1) is 21.3 Å². The first-order valence-corrected chi connectivity index (χ1v) is 13.7. The second kappa shape index (κ2) is 9.59. The number of nitrogens with zero attached hydrogens (tertiary/aromatic N) is 2. The number of hydrogen-bond donors (Lipinski definition) is 2. The number of fused-ring (bicyclic) bond motifs is 2. The summed E-state index contributed by atoms with van der Waals surface area (Å²) in [5, 5.41) is 11.2. The molecule has 6 rings (SSSR count). The lowest BCUT2D eigenvalue weighted by Crippen LogP contribution is -2.10. The molecular formula is C33H25F3N3OS. The number of nitrogen functional groups attached to an aromatic ring is 1. The third-order valence-electron chi connectivity index (χ3n) is 7.12. The number of thiazole rings is 1. The van der Waals surface area contributed by atoms with E-state index >= 15 is 0 Å². The van der Waals surface area contributed by atoms with Crippen LogP contribution in [0.5, 0.6) is 5.88 Å². The monoisotopic (exact) mass is 568 g/mol. The van der Waals surface area contributed by atoms with E-state index in [0.717, 1.165) is 50.0 Å². The van der Waals surface area contributed by atoms with Gasteiger partial charge in [-0.2, -0.15) is 13.2 Å². The fourth-order valence-corrected chi connectivity index (χ4v) is 5.88. The van der Waals surface area contributed by atoms with Crippen LogP contribution in [0.4, 0.5) is 18.3 Å². The van der Waals surface area contributed by atoms with E-state index in [1.54, 1.807) is 6.07 Å². The van der Waals surface area contributed by atoms with Crippen molar-refractivity contribution in [3.05, 3.63) is 96.1 Å². The molecule has 3 N–H and O–H groups in total. The van der Waals surface area contributed by atoms with Crippen LogP contribution in [0, 0.1) is 6.07 Å². The lowest BCUT2D eigenvalue weighted by molar-refractivity contribution is -0.137. The molecule has 205 valence electrons. The van der Waals surface area contributed by atoms with Gasteiger partial charge >= 0.3 is 6.18 Å². The fraction of sp³-hybridized carbons (Fsp3) is 0.152. The molecule has 0 amide bonds. The number of benzene rings is 4. The predicted octanol–water partition coefficient (Wildman–Crippen LogP) is 9.25. The summed E-state index contributed by atoms with van der Waals surface area (Å²) in [7, 11) is 0. The smallest absolute Gasteiger partial charge is 0.416 e. The van der Waals surface area contributed by atoms with Crippen LogP contribution in [-0.2, 0) is 11.6 Å². The molecule has 0 saturated heterocycles. The molecule has 2 aromatic heterocycles. The molecule has 6 aromatic rings. The van der Waals surface area contributed by atoms with Gasteiger partial charge in [-0.3, -0.25) is 0 Å². The Morgan fingerprint density at radius 1 is 0.756 bits per heavy atom. The highest BCUT2D eigenvalue weighted by molar-refractivity contribution is 7.22. The third kappa shape index (κ3) is 5.00. The molecular weight excluding hydrogens is 543 g/mol. The van der Waals surface area contributed by atoms with Crippen molar-refractivity contribution < 1.29 is 18.3 Å². The molecule has 8 heteroatoms. The van der Waals surface area contributed by atoms with Crippen molar-refractivity contribution in [2.45, 2.75) is 32.4 Å². The summed E-state index contributed by atoms with van der Waals surface area (Å²) >= 11 is 1.27. The van der Waals surface area contributed by atoms with Crippen molar-refractivity contribution in [3.8, 4) is 39.3 Å². The summed E-state index contributed by atoms with van der Waals surface area (Å²) < 4.78 is 41.1. The van der Waals surface area contributed by atoms with Crippen LogP contribution in [0.15, 0.2) is 78.9 Å². The number of hydrogen-bond acceptors (Lipinski definition) is 5. The predicted molar refractivity (Wildman–Crippen MR) is 160 cm³/mol. The van der Waals surface area contributed by atoms with Crippen molar-refractivity contribution in [2.75, 3.05) is 5.73 Å². The first-order chi connectivity index (χ1) is 19.4. The second-order valence-electron chi connectivity index (χ2n) is 11.0. The van der Waals surface area contributed by atoms with Gasteiger partial charge in [-0.1, -0.05) is 80.6 Å². The van der Waals surface area contributed by atoms with E-state index < -0.39 is 11.7 Å². The molecule has 0 spiro atoms. The van der Waals surface area contributed by atoms with Crippen molar-refractivity contribution in [1.82, 2.24) is 9.97 Å². The van der Waals surface area contributed by atoms with Gasteiger partial charge in [0.2, 0.25) is 5.88 Å². The van der Waals surface area contributed by atoms with Gasteiger partial charge in [0.15, 0.2) is 5.13 Å². The minimum atomic E-state index is -4.46. The van der Waals surface area contributed by atoms with Crippen molar-refractivity contribution >= 4 is 37.6 Å². The highest BCUT2D eigenvalue weighted by Crippen LogP contribution is 2.47. The van der Waals surface area contributed by atoms with E-state index in [2.05, 4.69) is 48.9 Å². The lowest BCUT2D eigenvalue weighted by Gasteiger charge is -2.21. The highest BCUT2D eigenvalue weighted by Gasteiger charge is 2.30. The largest absolute Gasteiger partial charge is 0.493 e. The number of aromatic nitrogens is 2. The van der Waals surface area contributed by atoms with E-state index in [1.165, 1.54) is 29.5 Å². The zero-order valence-corrected chi connectivity index (χ0v) is 23.3. The number of halogens is 3. The summed E-state index contributed by atoms with van der Waals surface area (Å²) in [5.41, 5.74) is 12.1. The Morgan fingerprint density at radius 3 is 2.02 bits per heavy atom. The minimum absolute atomic E-state index is 0.0458. The average Bonchev–Trinajstić information content (AvgIpc) is 3.30. The summed E-state index contributed by atoms with van der Waals surface area (Å²) in [6, 6.07) is 25.8. The molecule has 0 saturated carbocycles. The van der Waals surface area contributed by atoms with Crippen LogP contribution in [0.3, 0.4) is 0 Å². The third-order valence-corrected chi connectivity index (χ3v) is 8.02. The molecule has 0 fully saturated rings. The van der Waals surface area contributed by atoms with Gasteiger partial charge in [-0.15, -0.1) is 0 Å². The number of aromatic hydroxyl groups is 1. The molecule has 0 aliphatic carbocycles. The van der Waals surface area contributed by atoms with Crippen LogP contribution in [-0.4, -0.2) is 15.1 Å². The summed E-state index contributed by atoms with van der Waals surface area (Å²) in [5.74, 6) is -0.104. The maximum absolute atomic E-state index is 13.4. The molecule has 41 heavy (non-hydrogen) atoms. The Balaban J connectivity index is 1.70. The molecule has 0 aliphatic rings. The topological polar surface area (TPSA) is 72.0 Å².